The number of H-pyrrole nitrogens is 1. The van der Waals surface area contributed by atoms with Crippen LogP contribution >= 0.6 is 46.0 Å². The number of nitrogens with one attached hydrogen (secondary N) is 1. The molecule has 0 fully saturated rings. The lowest BCUT2D eigenvalue weighted by Crippen LogP contribution is -2.27. The predicted molar refractivity (Wildman–Crippen MR) is 127 cm³/mol. The third kappa shape index (κ3) is 4.85. The van der Waals surface area contributed by atoms with Crippen molar-refractivity contribution in [2.75, 3.05) is 12.8 Å². The molecule has 1 N–H and O–H groups in total. The molecule has 0 radical (unpaired) electrons. The molecule has 10 heteroatoms. The van der Waals surface area contributed by atoms with Crippen molar-refractivity contribution in [3.8, 4) is 11.1 Å². The van der Waals surface area contributed by atoms with E-state index in [1.807, 2.05) is 19.1 Å². The maximum absolute atomic E-state index is 13.3. The van der Waals surface area contributed by atoms with Gasteiger partial charge in [-0.05, 0) is 36.8 Å². The van der Waals surface area contributed by atoms with Gasteiger partial charge in [0.1, 0.15) is 10.6 Å². The number of halogens is 2. The number of nitrogens with zero attached hydrogens (tertiary/aromatic N) is 2. The largest absolute Gasteiger partial charge is 0.340 e. The molecule has 0 spiro atoms. The highest BCUT2D eigenvalue weighted by Gasteiger charge is 2.18. The van der Waals surface area contributed by atoms with Crippen LogP contribution in [0.1, 0.15) is 9.75 Å². The normalized spacial score (nSPS) is 11.2. The number of thiophene rings is 2. The molecule has 31 heavy (non-hydrogen) atoms. The quantitative estimate of drug-likeness (QED) is 0.282. The molecule has 1 aromatic carbocycles. The zero-order valence-corrected chi connectivity index (χ0v) is 19.8. The van der Waals surface area contributed by atoms with E-state index in [9.17, 15) is 14.0 Å². The lowest BCUT2D eigenvalue weighted by Gasteiger charge is -2.15. The van der Waals surface area contributed by atoms with E-state index in [1.165, 1.54) is 46.6 Å². The van der Waals surface area contributed by atoms with Gasteiger partial charge < -0.3 is 9.88 Å². The van der Waals surface area contributed by atoms with Crippen LogP contribution in [-0.4, -0.2) is 33.6 Å². The summed E-state index contributed by atoms with van der Waals surface area (Å²) in [6.07, 6.45) is 0. The van der Waals surface area contributed by atoms with E-state index >= 15 is 0 Å². The minimum Gasteiger partial charge on any atom is -0.340 e. The number of benzene rings is 1. The molecule has 0 bridgehead atoms. The molecule has 0 atom stereocenters. The topological polar surface area (TPSA) is 66.1 Å². The Bertz CT molecular complexity index is 1310. The first kappa shape index (κ1) is 22.0. The highest BCUT2D eigenvalue weighted by molar-refractivity contribution is 7.99. The summed E-state index contributed by atoms with van der Waals surface area (Å²) in [5.41, 5.74) is 1.25. The third-order valence-electron chi connectivity index (χ3n) is 4.63. The number of aromatic amines is 1. The monoisotopic (exact) mass is 493 g/mol. The van der Waals surface area contributed by atoms with Crippen molar-refractivity contribution in [3.05, 3.63) is 66.7 Å². The lowest BCUT2D eigenvalue weighted by molar-refractivity contribution is -0.127. The summed E-state index contributed by atoms with van der Waals surface area (Å²) in [7, 11) is 1.73. The fourth-order valence-corrected chi connectivity index (χ4v) is 6.18. The van der Waals surface area contributed by atoms with Gasteiger partial charge in [-0.2, -0.15) is 0 Å². The van der Waals surface area contributed by atoms with Crippen LogP contribution in [0.25, 0.3) is 21.3 Å². The molecule has 0 unspecified atom stereocenters. The Kier molecular flexibility index (Phi) is 6.47. The molecule has 0 aliphatic carbocycles. The average molecular weight is 494 g/mol. The maximum Gasteiger partial charge on any atom is 0.260 e. The first-order valence-corrected chi connectivity index (χ1v) is 12.2. The summed E-state index contributed by atoms with van der Waals surface area (Å²) >= 11 is 9.98. The number of aryl methyl sites for hydroxylation is 1. The molecule has 1 amide bonds. The van der Waals surface area contributed by atoms with Gasteiger partial charge in [0, 0.05) is 22.4 Å². The molecule has 0 saturated carbocycles. The second-order valence-corrected chi connectivity index (χ2v) is 10.8. The van der Waals surface area contributed by atoms with Gasteiger partial charge in [0.05, 0.1) is 22.0 Å². The summed E-state index contributed by atoms with van der Waals surface area (Å²) in [6, 6.07) is 9.76. The second kappa shape index (κ2) is 9.12. The number of hydrogen-bond acceptors (Lipinski definition) is 6. The fourth-order valence-electron chi connectivity index (χ4n) is 3.13. The second-order valence-electron chi connectivity index (χ2n) is 6.84. The van der Waals surface area contributed by atoms with Crippen LogP contribution in [0, 0.1) is 12.7 Å². The predicted octanol–water partition coefficient (Wildman–Crippen LogP) is 5.56. The van der Waals surface area contributed by atoms with Gasteiger partial charge in [0.15, 0.2) is 5.16 Å². The number of carbonyl (C=O) groups is 1. The summed E-state index contributed by atoms with van der Waals surface area (Å²) in [4.78, 5) is 36.7. The molecule has 4 aromatic rings. The van der Waals surface area contributed by atoms with Crippen molar-refractivity contribution >= 4 is 62.2 Å². The summed E-state index contributed by atoms with van der Waals surface area (Å²) in [6.45, 7) is 2.39. The summed E-state index contributed by atoms with van der Waals surface area (Å²) in [5.74, 6) is -0.255. The van der Waals surface area contributed by atoms with Gasteiger partial charge in [0.25, 0.3) is 5.56 Å². The van der Waals surface area contributed by atoms with E-state index in [2.05, 4.69) is 9.97 Å². The smallest absolute Gasteiger partial charge is 0.260 e. The number of hydrogen-bond donors (Lipinski definition) is 1. The highest BCUT2D eigenvalue weighted by Crippen LogP contribution is 2.36. The number of fused-ring (bicyclic) bond motifs is 1. The standard InChI is InChI=1S/C21H17ClFN3O2S3/c1-11-17(12-3-5-13(23)6-4-12)18-19(28)24-21(25-20(18)30-11)29-10-16(27)26(2)9-14-7-8-15(22)31-14/h3-8H,9-10H2,1-2H3,(H,24,25,28). The van der Waals surface area contributed by atoms with Gasteiger partial charge in [0.2, 0.25) is 5.91 Å². The van der Waals surface area contributed by atoms with E-state index in [0.717, 1.165) is 20.9 Å². The van der Waals surface area contributed by atoms with Gasteiger partial charge >= 0.3 is 0 Å². The van der Waals surface area contributed by atoms with Crippen LogP contribution in [0.3, 0.4) is 0 Å². The molecule has 3 aromatic heterocycles. The number of rotatable bonds is 6. The number of carbonyl (C=O) groups excluding carboxylic acids is 1. The van der Waals surface area contributed by atoms with Crippen LogP contribution in [-0.2, 0) is 11.3 Å². The van der Waals surface area contributed by atoms with Crippen molar-refractivity contribution in [1.29, 1.82) is 0 Å². The minimum atomic E-state index is -0.330. The Morgan fingerprint density at radius 2 is 1.97 bits per heavy atom. The van der Waals surface area contributed by atoms with Gasteiger partial charge in [-0.3, -0.25) is 9.59 Å². The Hall–Kier alpha value is -2.20. The van der Waals surface area contributed by atoms with Crippen molar-refractivity contribution in [2.24, 2.45) is 0 Å². The molecule has 0 saturated heterocycles. The molecule has 4 rings (SSSR count). The van der Waals surface area contributed by atoms with Gasteiger partial charge in [-0.25, -0.2) is 9.37 Å². The Morgan fingerprint density at radius 3 is 2.65 bits per heavy atom. The molecule has 3 heterocycles. The summed E-state index contributed by atoms with van der Waals surface area (Å²) in [5, 5.41) is 0.877. The molecule has 5 nitrogen and oxygen atoms in total. The minimum absolute atomic E-state index is 0.0772. The Balaban J connectivity index is 1.52. The van der Waals surface area contributed by atoms with E-state index in [0.29, 0.717) is 26.3 Å². The van der Waals surface area contributed by atoms with Crippen molar-refractivity contribution in [3.63, 3.8) is 0 Å². The Morgan fingerprint density at radius 1 is 1.23 bits per heavy atom. The van der Waals surface area contributed by atoms with Crippen LogP contribution in [0.15, 0.2) is 46.3 Å². The van der Waals surface area contributed by atoms with Crippen molar-refractivity contribution in [2.45, 2.75) is 18.6 Å². The van der Waals surface area contributed by atoms with Crippen molar-refractivity contribution in [1.82, 2.24) is 14.9 Å². The van der Waals surface area contributed by atoms with Crippen LogP contribution < -0.4 is 5.56 Å². The third-order valence-corrected chi connectivity index (χ3v) is 7.70. The maximum atomic E-state index is 13.3. The summed E-state index contributed by atoms with van der Waals surface area (Å²) < 4.78 is 14.0. The van der Waals surface area contributed by atoms with Crippen LogP contribution in [0.5, 0.6) is 0 Å². The lowest BCUT2D eigenvalue weighted by atomic mass is 10.0. The molecular formula is C21H17ClFN3O2S3. The number of aromatic nitrogens is 2. The van der Waals surface area contributed by atoms with Crippen LogP contribution in [0.4, 0.5) is 4.39 Å². The zero-order chi connectivity index (χ0) is 22.1. The van der Waals surface area contributed by atoms with E-state index in [4.69, 9.17) is 11.6 Å². The van der Waals surface area contributed by atoms with E-state index in [-0.39, 0.29) is 23.0 Å². The van der Waals surface area contributed by atoms with Crippen LogP contribution in [0.2, 0.25) is 4.34 Å². The van der Waals surface area contributed by atoms with Gasteiger partial charge in [-0.15, -0.1) is 22.7 Å². The van der Waals surface area contributed by atoms with E-state index in [1.54, 1.807) is 24.1 Å². The molecule has 0 aliphatic rings. The average Bonchev–Trinajstić information content (AvgIpc) is 3.29. The highest BCUT2D eigenvalue weighted by atomic mass is 35.5. The molecule has 160 valence electrons. The first-order chi connectivity index (χ1) is 14.8. The zero-order valence-electron chi connectivity index (χ0n) is 16.6. The fraction of sp³-hybridized carbons (Fsp3) is 0.190. The SMILES string of the molecule is Cc1sc2nc(SCC(=O)N(C)Cc3ccc(Cl)s3)[nH]c(=O)c2c1-c1ccc(F)cc1. The molecular weight excluding hydrogens is 477 g/mol. The van der Waals surface area contributed by atoms with Crippen molar-refractivity contribution < 1.29 is 9.18 Å². The Labute approximate surface area is 194 Å². The number of thioether (sulfide) groups is 1. The number of amides is 1. The molecule has 0 aliphatic heterocycles. The first-order valence-electron chi connectivity index (χ1n) is 9.22. The van der Waals surface area contributed by atoms with E-state index < -0.39 is 0 Å². The van der Waals surface area contributed by atoms with Gasteiger partial charge in [-0.1, -0.05) is 35.5 Å².